The third-order valence-corrected chi connectivity index (χ3v) is 5.51. The average molecular weight is 280 g/mol. The van der Waals surface area contributed by atoms with Crippen LogP contribution in [0, 0.1) is 17.8 Å². The Hall–Kier alpha value is -0.120. The topological polar surface area (TPSA) is 24.5 Å². The molecule has 1 aliphatic heterocycles. The van der Waals surface area contributed by atoms with Crippen LogP contribution >= 0.6 is 0 Å². The first kappa shape index (κ1) is 14.8. The zero-order valence-electron chi connectivity index (χ0n) is 13.3. The molecule has 2 atom stereocenters. The van der Waals surface area contributed by atoms with Gasteiger partial charge in [-0.1, -0.05) is 6.42 Å². The van der Waals surface area contributed by atoms with Crippen LogP contribution in [-0.4, -0.2) is 49.8 Å². The molecule has 3 heteroatoms. The van der Waals surface area contributed by atoms with Gasteiger partial charge in [-0.2, -0.15) is 0 Å². The highest BCUT2D eigenvalue weighted by Gasteiger charge is 2.39. The van der Waals surface area contributed by atoms with E-state index in [0.29, 0.717) is 6.04 Å². The Kier molecular flexibility index (Phi) is 5.00. The summed E-state index contributed by atoms with van der Waals surface area (Å²) < 4.78 is 5.76. The molecule has 2 aliphatic carbocycles. The number of likely N-dealkylation sites (tertiary alicyclic amines) is 1. The molecule has 2 saturated carbocycles. The summed E-state index contributed by atoms with van der Waals surface area (Å²) in [6.45, 7) is 10.2. The molecule has 116 valence electrons. The van der Waals surface area contributed by atoms with Crippen LogP contribution in [0.4, 0.5) is 0 Å². The van der Waals surface area contributed by atoms with Gasteiger partial charge in [0.15, 0.2) is 0 Å². The summed E-state index contributed by atoms with van der Waals surface area (Å²) in [6.07, 6.45) is 7.06. The van der Waals surface area contributed by atoms with Gasteiger partial charge in [0.25, 0.3) is 0 Å². The van der Waals surface area contributed by atoms with E-state index in [1.165, 1.54) is 45.2 Å². The van der Waals surface area contributed by atoms with Crippen molar-refractivity contribution in [3.63, 3.8) is 0 Å². The zero-order valence-corrected chi connectivity index (χ0v) is 13.3. The second kappa shape index (κ2) is 6.76. The van der Waals surface area contributed by atoms with Crippen molar-refractivity contribution in [2.45, 2.75) is 58.0 Å². The third kappa shape index (κ3) is 3.75. The molecule has 0 aromatic carbocycles. The fourth-order valence-corrected chi connectivity index (χ4v) is 4.06. The first-order valence-electron chi connectivity index (χ1n) is 8.79. The highest BCUT2D eigenvalue weighted by molar-refractivity contribution is 4.95. The van der Waals surface area contributed by atoms with Gasteiger partial charge in [0, 0.05) is 38.3 Å². The molecule has 2 bridgehead atoms. The molecule has 1 saturated heterocycles. The fraction of sp³-hybridized carbons (Fsp3) is 1.00. The number of piperidine rings is 1. The Bertz CT molecular complexity index is 289. The van der Waals surface area contributed by atoms with Gasteiger partial charge in [0.2, 0.25) is 0 Å². The van der Waals surface area contributed by atoms with Crippen LogP contribution in [0.1, 0.15) is 46.0 Å². The lowest BCUT2D eigenvalue weighted by atomic mass is 9.73. The van der Waals surface area contributed by atoms with E-state index in [4.69, 9.17) is 4.74 Å². The van der Waals surface area contributed by atoms with Crippen LogP contribution in [-0.2, 0) is 4.74 Å². The van der Waals surface area contributed by atoms with E-state index in [9.17, 15) is 0 Å². The van der Waals surface area contributed by atoms with Crippen molar-refractivity contribution in [3.05, 3.63) is 0 Å². The lowest BCUT2D eigenvalue weighted by Crippen LogP contribution is -2.58. The van der Waals surface area contributed by atoms with Gasteiger partial charge in [-0.25, -0.2) is 0 Å². The Morgan fingerprint density at radius 3 is 2.40 bits per heavy atom. The number of nitrogens with zero attached hydrogens (tertiary/aromatic N) is 1. The number of hydrogen-bond acceptors (Lipinski definition) is 3. The quantitative estimate of drug-likeness (QED) is 0.725. The first-order chi connectivity index (χ1) is 9.74. The minimum Gasteiger partial charge on any atom is -0.380 e. The Labute approximate surface area is 124 Å². The van der Waals surface area contributed by atoms with Gasteiger partial charge in [-0.3, -0.25) is 0 Å². The van der Waals surface area contributed by atoms with E-state index >= 15 is 0 Å². The van der Waals surface area contributed by atoms with Crippen LogP contribution in [0.5, 0.6) is 0 Å². The zero-order chi connectivity index (χ0) is 13.9. The van der Waals surface area contributed by atoms with Crippen LogP contribution in [0.3, 0.4) is 0 Å². The van der Waals surface area contributed by atoms with Crippen LogP contribution in [0.2, 0.25) is 0 Å². The second-order valence-electron chi connectivity index (χ2n) is 7.50. The van der Waals surface area contributed by atoms with E-state index in [1.807, 2.05) is 0 Å². The van der Waals surface area contributed by atoms with Crippen LogP contribution in [0.15, 0.2) is 0 Å². The molecule has 3 rings (SSSR count). The van der Waals surface area contributed by atoms with E-state index in [0.717, 1.165) is 43.6 Å². The molecule has 3 fully saturated rings. The van der Waals surface area contributed by atoms with Crippen LogP contribution in [0.25, 0.3) is 0 Å². The average Bonchev–Trinajstić information content (AvgIpc) is 3.21. The maximum Gasteiger partial charge on any atom is 0.0591 e. The maximum absolute atomic E-state index is 5.76. The van der Waals surface area contributed by atoms with Gasteiger partial charge in [-0.05, 0) is 57.3 Å². The maximum atomic E-state index is 5.76. The normalized spacial score (nSPS) is 34.6. The van der Waals surface area contributed by atoms with Gasteiger partial charge in [-0.15, -0.1) is 0 Å². The monoisotopic (exact) mass is 280 g/mol. The number of rotatable bonds is 7. The number of fused-ring (bicyclic) bond motifs is 2. The molecule has 0 spiro atoms. The smallest absolute Gasteiger partial charge is 0.0591 e. The lowest BCUT2D eigenvalue weighted by molar-refractivity contribution is 0.0252. The molecule has 2 unspecified atom stereocenters. The van der Waals surface area contributed by atoms with E-state index in [2.05, 4.69) is 24.1 Å². The van der Waals surface area contributed by atoms with Crippen molar-refractivity contribution in [2.24, 2.45) is 17.8 Å². The van der Waals surface area contributed by atoms with E-state index in [-0.39, 0.29) is 0 Å². The van der Waals surface area contributed by atoms with Crippen molar-refractivity contribution in [3.8, 4) is 0 Å². The summed E-state index contributed by atoms with van der Waals surface area (Å²) in [5.74, 6) is 2.63. The summed E-state index contributed by atoms with van der Waals surface area (Å²) in [5.41, 5.74) is 0. The SMILES string of the molecule is CC(C)N1CC2CCCC(C1)C2NCCOCC1CC1. The highest BCUT2D eigenvalue weighted by Crippen LogP contribution is 2.35. The van der Waals surface area contributed by atoms with Crippen molar-refractivity contribution in [1.82, 2.24) is 10.2 Å². The highest BCUT2D eigenvalue weighted by atomic mass is 16.5. The summed E-state index contributed by atoms with van der Waals surface area (Å²) in [4.78, 5) is 2.69. The minimum absolute atomic E-state index is 0.709. The lowest BCUT2D eigenvalue weighted by Gasteiger charge is -2.49. The molecule has 1 N–H and O–H groups in total. The van der Waals surface area contributed by atoms with Crippen molar-refractivity contribution >= 4 is 0 Å². The van der Waals surface area contributed by atoms with Crippen molar-refractivity contribution in [1.29, 1.82) is 0 Å². The van der Waals surface area contributed by atoms with Gasteiger partial charge in [0.05, 0.1) is 6.61 Å². The van der Waals surface area contributed by atoms with E-state index in [1.54, 1.807) is 0 Å². The molecule has 0 aromatic rings. The molecule has 1 heterocycles. The van der Waals surface area contributed by atoms with Gasteiger partial charge < -0.3 is 15.0 Å². The summed E-state index contributed by atoms with van der Waals surface area (Å²) in [7, 11) is 0. The molecule has 0 aromatic heterocycles. The van der Waals surface area contributed by atoms with Crippen molar-refractivity contribution in [2.75, 3.05) is 32.8 Å². The molecule has 20 heavy (non-hydrogen) atoms. The molecule has 0 radical (unpaired) electrons. The predicted octanol–water partition coefficient (Wildman–Crippen LogP) is 2.51. The standard InChI is InChI=1S/C17H32N2O/c1-13(2)19-10-15-4-3-5-16(11-19)17(15)18-8-9-20-12-14-6-7-14/h13-18H,3-12H2,1-2H3. The first-order valence-corrected chi connectivity index (χ1v) is 8.79. The Morgan fingerprint density at radius 1 is 1.10 bits per heavy atom. The summed E-state index contributed by atoms with van der Waals surface area (Å²) in [5, 5.41) is 3.83. The minimum atomic E-state index is 0.709. The van der Waals surface area contributed by atoms with Gasteiger partial charge in [0.1, 0.15) is 0 Å². The molecular formula is C17H32N2O. The summed E-state index contributed by atoms with van der Waals surface area (Å²) in [6, 6.07) is 1.46. The fourth-order valence-electron chi connectivity index (χ4n) is 4.06. The third-order valence-electron chi connectivity index (χ3n) is 5.51. The van der Waals surface area contributed by atoms with E-state index < -0.39 is 0 Å². The number of ether oxygens (including phenoxy) is 1. The molecular weight excluding hydrogens is 248 g/mol. The number of nitrogens with one attached hydrogen (secondary N) is 1. The molecule has 3 aliphatic rings. The molecule has 0 amide bonds. The Balaban J connectivity index is 1.41. The number of hydrogen-bond donors (Lipinski definition) is 1. The second-order valence-corrected chi connectivity index (χ2v) is 7.50. The largest absolute Gasteiger partial charge is 0.380 e. The predicted molar refractivity (Wildman–Crippen MR) is 82.9 cm³/mol. The molecule has 3 nitrogen and oxygen atoms in total. The summed E-state index contributed by atoms with van der Waals surface area (Å²) >= 11 is 0. The van der Waals surface area contributed by atoms with Crippen molar-refractivity contribution < 1.29 is 4.74 Å². The van der Waals surface area contributed by atoms with Gasteiger partial charge >= 0.3 is 0 Å². The van der Waals surface area contributed by atoms with Crippen LogP contribution < -0.4 is 5.32 Å². The Morgan fingerprint density at radius 2 is 1.80 bits per heavy atom.